The molecule has 110 valence electrons. The van der Waals surface area contributed by atoms with Crippen molar-refractivity contribution in [1.82, 2.24) is 15.3 Å². The molecule has 0 spiro atoms. The Morgan fingerprint density at radius 3 is 2.86 bits per heavy atom. The molecule has 2 heterocycles. The maximum absolute atomic E-state index is 5.89. The zero-order valence-electron chi connectivity index (χ0n) is 12.0. The summed E-state index contributed by atoms with van der Waals surface area (Å²) in [5.74, 6) is 0.832. The third-order valence-electron chi connectivity index (χ3n) is 3.37. The van der Waals surface area contributed by atoms with E-state index in [1.807, 2.05) is 31.2 Å². The molecule has 1 N–H and O–H groups in total. The van der Waals surface area contributed by atoms with Gasteiger partial charge in [0, 0.05) is 29.0 Å². The van der Waals surface area contributed by atoms with E-state index in [1.54, 1.807) is 6.20 Å². The number of ether oxygens (including phenoxy) is 1. The molecule has 2 aromatic rings. The number of nitrogens with zero attached hydrogens (tertiary/aromatic N) is 2. The van der Waals surface area contributed by atoms with Crippen LogP contribution in [0.4, 0.5) is 0 Å². The summed E-state index contributed by atoms with van der Waals surface area (Å²) in [5.41, 5.74) is 2.88. The Labute approximate surface area is 133 Å². The quantitative estimate of drug-likeness (QED) is 0.870. The second-order valence-corrected chi connectivity index (χ2v) is 6.22. The molecule has 0 atom stereocenters. The number of nitrogens with one attached hydrogen (secondary N) is 1. The lowest BCUT2D eigenvalue weighted by Crippen LogP contribution is -2.17. The highest BCUT2D eigenvalue weighted by Gasteiger charge is 2.21. The number of rotatable bonds is 6. The van der Waals surface area contributed by atoms with Gasteiger partial charge in [0.2, 0.25) is 0 Å². The number of aromatic nitrogens is 2. The highest BCUT2D eigenvalue weighted by Crippen LogP contribution is 2.22. The molecule has 0 amide bonds. The third kappa shape index (κ3) is 4.25. The van der Waals surface area contributed by atoms with Gasteiger partial charge in [-0.2, -0.15) is 0 Å². The second kappa shape index (κ2) is 6.54. The summed E-state index contributed by atoms with van der Waals surface area (Å²) < 4.78 is 6.86. The zero-order valence-corrected chi connectivity index (χ0v) is 13.6. The van der Waals surface area contributed by atoms with E-state index >= 15 is 0 Å². The second-order valence-electron chi connectivity index (χ2n) is 5.31. The summed E-state index contributed by atoms with van der Waals surface area (Å²) in [7, 11) is 0. The minimum atomic E-state index is 0.453. The first-order valence-electron chi connectivity index (χ1n) is 7.14. The van der Waals surface area contributed by atoms with Gasteiger partial charge in [0.15, 0.2) is 0 Å². The van der Waals surface area contributed by atoms with Crippen LogP contribution < -0.4 is 10.1 Å². The van der Waals surface area contributed by atoms with Crippen LogP contribution in [0, 0.1) is 6.92 Å². The number of hydrogen-bond donors (Lipinski definition) is 1. The molecule has 0 saturated heterocycles. The van der Waals surface area contributed by atoms with Gasteiger partial charge in [-0.25, -0.2) is 0 Å². The van der Waals surface area contributed by atoms with Crippen LogP contribution in [0.15, 0.2) is 34.9 Å². The average Bonchev–Trinajstić information content (AvgIpc) is 3.30. The minimum Gasteiger partial charge on any atom is -0.485 e. The van der Waals surface area contributed by atoms with Crippen LogP contribution in [0.1, 0.15) is 29.9 Å². The van der Waals surface area contributed by atoms with Gasteiger partial charge in [-0.1, -0.05) is 0 Å². The van der Waals surface area contributed by atoms with Crippen LogP contribution in [0.2, 0.25) is 0 Å². The molecule has 0 radical (unpaired) electrons. The monoisotopic (exact) mass is 347 g/mol. The Morgan fingerprint density at radius 2 is 2.14 bits per heavy atom. The largest absolute Gasteiger partial charge is 0.485 e. The van der Waals surface area contributed by atoms with Crippen molar-refractivity contribution >= 4 is 15.9 Å². The molecule has 3 rings (SSSR count). The lowest BCUT2D eigenvalue weighted by atomic mass is 10.2. The Hall–Kier alpha value is -1.46. The minimum absolute atomic E-state index is 0.453. The van der Waals surface area contributed by atoms with Gasteiger partial charge in [-0.05, 0) is 60.0 Å². The van der Waals surface area contributed by atoms with Crippen LogP contribution in [0.5, 0.6) is 5.75 Å². The van der Waals surface area contributed by atoms with Gasteiger partial charge < -0.3 is 10.1 Å². The standard InChI is InChI=1S/C16H18BrN3O/c1-11-2-7-16(15(20-11)9-19-13-5-6-13)21-10-14-4-3-12(17)8-18-14/h2-4,7-8,13,19H,5-6,9-10H2,1H3. The fourth-order valence-corrected chi connectivity index (χ4v) is 2.26. The average molecular weight is 348 g/mol. The lowest BCUT2D eigenvalue weighted by Gasteiger charge is -2.12. The van der Waals surface area contributed by atoms with Crippen LogP contribution in [0.25, 0.3) is 0 Å². The maximum atomic E-state index is 5.89. The van der Waals surface area contributed by atoms with Gasteiger partial charge in [-0.15, -0.1) is 0 Å². The number of halogens is 1. The molecule has 4 nitrogen and oxygen atoms in total. The van der Waals surface area contributed by atoms with Gasteiger partial charge >= 0.3 is 0 Å². The first kappa shape index (κ1) is 14.5. The van der Waals surface area contributed by atoms with Gasteiger partial charge in [-0.3, -0.25) is 9.97 Å². The fraction of sp³-hybridized carbons (Fsp3) is 0.375. The Bertz CT molecular complexity index is 611. The molecule has 1 fully saturated rings. The van der Waals surface area contributed by atoms with Crippen molar-refractivity contribution < 1.29 is 4.74 Å². The molecule has 0 unspecified atom stereocenters. The molecule has 5 heteroatoms. The van der Waals surface area contributed by atoms with Gasteiger partial charge in [0.1, 0.15) is 12.4 Å². The van der Waals surface area contributed by atoms with Crippen LogP contribution >= 0.6 is 15.9 Å². The molecule has 0 aliphatic heterocycles. The fourth-order valence-electron chi connectivity index (χ4n) is 2.03. The topological polar surface area (TPSA) is 47.0 Å². The van der Waals surface area contributed by atoms with Crippen molar-refractivity contribution in [2.45, 2.75) is 39.0 Å². The number of aryl methyl sites for hydroxylation is 1. The van der Waals surface area contributed by atoms with E-state index in [-0.39, 0.29) is 0 Å². The van der Waals surface area contributed by atoms with Crippen molar-refractivity contribution in [1.29, 1.82) is 0 Å². The number of pyridine rings is 2. The molecule has 1 aliphatic carbocycles. The number of hydrogen-bond acceptors (Lipinski definition) is 4. The Kier molecular flexibility index (Phi) is 4.51. The Balaban J connectivity index is 1.66. The third-order valence-corrected chi connectivity index (χ3v) is 3.84. The summed E-state index contributed by atoms with van der Waals surface area (Å²) in [4.78, 5) is 8.90. The van der Waals surface area contributed by atoms with Crippen molar-refractivity contribution in [3.63, 3.8) is 0 Å². The zero-order chi connectivity index (χ0) is 14.7. The van der Waals surface area contributed by atoms with Crippen LogP contribution in [-0.4, -0.2) is 16.0 Å². The summed E-state index contributed by atoms with van der Waals surface area (Å²) in [5, 5.41) is 3.48. The lowest BCUT2D eigenvalue weighted by molar-refractivity contribution is 0.295. The maximum Gasteiger partial charge on any atom is 0.142 e. The van der Waals surface area contributed by atoms with E-state index in [4.69, 9.17) is 4.74 Å². The molecule has 0 bridgehead atoms. The summed E-state index contributed by atoms with van der Waals surface area (Å²) in [6.45, 7) is 3.21. The molecular weight excluding hydrogens is 330 g/mol. The van der Waals surface area contributed by atoms with E-state index in [2.05, 4.69) is 31.2 Å². The molecule has 2 aromatic heterocycles. The molecular formula is C16H18BrN3O. The normalized spacial score (nSPS) is 14.2. The predicted molar refractivity (Wildman–Crippen MR) is 85.1 cm³/mol. The summed E-state index contributed by atoms with van der Waals surface area (Å²) in [6, 6.07) is 8.55. The SMILES string of the molecule is Cc1ccc(OCc2ccc(Br)cn2)c(CNC2CC2)n1. The van der Waals surface area contributed by atoms with E-state index in [9.17, 15) is 0 Å². The predicted octanol–water partition coefficient (Wildman–Crippen LogP) is 3.38. The summed E-state index contributed by atoms with van der Waals surface area (Å²) >= 11 is 3.38. The molecule has 0 aromatic carbocycles. The van der Waals surface area contributed by atoms with Crippen LogP contribution in [-0.2, 0) is 13.2 Å². The van der Waals surface area contributed by atoms with E-state index in [0.717, 1.165) is 33.8 Å². The molecule has 1 aliphatic rings. The highest BCUT2D eigenvalue weighted by atomic mass is 79.9. The van der Waals surface area contributed by atoms with Gasteiger partial charge in [0.25, 0.3) is 0 Å². The summed E-state index contributed by atoms with van der Waals surface area (Å²) in [6.07, 6.45) is 4.32. The van der Waals surface area contributed by atoms with E-state index in [0.29, 0.717) is 12.6 Å². The van der Waals surface area contributed by atoms with Crippen molar-refractivity contribution in [3.8, 4) is 5.75 Å². The Morgan fingerprint density at radius 1 is 1.29 bits per heavy atom. The highest BCUT2D eigenvalue weighted by molar-refractivity contribution is 9.10. The van der Waals surface area contributed by atoms with Crippen LogP contribution in [0.3, 0.4) is 0 Å². The first-order chi connectivity index (χ1) is 10.2. The van der Waals surface area contributed by atoms with Crippen molar-refractivity contribution in [3.05, 3.63) is 52.0 Å². The van der Waals surface area contributed by atoms with Crippen molar-refractivity contribution in [2.24, 2.45) is 0 Å². The van der Waals surface area contributed by atoms with E-state index < -0.39 is 0 Å². The van der Waals surface area contributed by atoms with E-state index in [1.165, 1.54) is 12.8 Å². The molecule has 21 heavy (non-hydrogen) atoms. The first-order valence-corrected chi connectivity index (χ1v) is 7.93. The van der Waals surface area contributed by atoms with Crippen molar-refractivity contribution in [2.75, 3.05) is 0 Å². The smallest absolute Gasteiger partial charge is 0.142 e. The molecule has 1 saturated carbocycles. The van der Waals surface area contributed by atoms with Gasteiger partial charge in [0.05, 0.1) is 11.4 Å².